The Balaban J connectivity index is 2.35. The van der Waals surface area contributed by atoms with Crippen molar-refractivity contribution in [2.45, 2.75) is 25.1 Å². The van der Waals surface area contributed by atoms with Gasteiger partial charge in [-0.2, -0.15) is 0 Å². The van der Waals surface area contributed by atoms with E-state index in [1.807, 2.05) is 13.0 Å². The predicted octanol–water partition coefficient (Wildman–Crippen LogP) is 1.70. The molecule has 4 heteroatoms. The molecule has 0 spiro atoms. The first-order valence-electron chi connectivity index (χ1n) is 4.69. The van der Waals surface area contributed by atoms with Crippen LogP contribution in [0.4, 0.5) is 0 Å². The van der Waals surface area contributed by atoms with Crippen LogP contribution in [0.25, 0.3) is 0 Å². The highest BCUT2D eigenvalue weighted by Crippen LogP contribution is 2.11. The molecular formula is C10H17NO2S. The van der Waals surface area contributed by atoms with Gasteiger partial charge in [0.25, 0.3) is 0 Å². The Morgan fingerprint density at radius 2 is 2.29 bits per heavy atom. The fraction of sp³-hybridized carbons (Fsp3) is 0.600. The molecule has 0 saturated carbocycles. The molecule has 14 heavy (non-hydrogen) atoms. The molecule has 0 aliphatic heterocycles. The largest absolute Gasteiger partial charge is 0.472 e. The number of furan rings is 1. The van der Waals surface area contributed by atoms with E-state index < -0.39 is 10.8 Å². The Morgan fingerprint density at radius 1 is 1.57 bits per heavy atom. The third kappa shape index (κ3) is 3.27. The Morgan fingerprint density at radius 3 is 2.79 bits per heavy atom. The summed E-state index contributed by atoms with van der Waals surface area (Å²) in [5, 5.41) is 3.50. The Hall–Kier alpha value is -0.610. The highest BCUT2D eigenvalue weighted by Gasteiger charge is 2.10. The van der Waals surface area contributed by atoms with E-state index in [0.717, 1.165) is 12.1 Å². The summed E-state index contributed by atoms with van der Waals surface area (Å²) >= 11 is 0. The molecular weight excluding hydrogens is 198 g/mol. The molecule has 0 aromatic carbocycles. The highest BCUT2D eigenvalue weighted by atomic mass is 32.2. The zero-order valence-corrected chi connectivity index (χ0v) is 9.64. The molecule has 0 radical (unpaired) electrons. The minimum atomic E-state index is -0.759. The molecule has 0 saturated heterocycles. The maximum absolute atomic E-state index is 11.1. The normalized spacial score (nSPS) is 17.6. The van der Waals surface area contributed by atoms with Gasteiger partial charge in [-0.1, -0.05) is 0 Å². The van der Waals surface area contributed by atoms with E-state index in [-0.39, 0.29) is 11.3 Å². The molecule has 0 amide bonds. The summed E-state index contributed by atoms with van der Waals surface area (Å²) in [6.45, 7) is 4.80. The van der Waals surface area contributed by atoms with Gasteiger partial charge in [0.2, 0.25) is 0 Å². The molecule has 1 aromatic rings. The van der Waals surface area contributed by atoms with E-state index in [1.54, 1.807) is 18.8 Å². The lowest BCUT2D eigenvalue weighted by Gasteiger charge is -2.14. The van der Waals surface area contributed by atoms with Crippen LogP contribution in [0, 0.1) is 0 Å². The first-order chi connectivity index (χ1) is 6.61. The van der Waals surface area contributed by atoms with Crippen molar-refractivity contribution in [3.8, 4) is 0 Å². The van der Waals surface area contributed by atoms with Crippen LogP contribution in [0.15, 0.2) is 23.0 Å². The zero-order chi connectivity index (χ0) is 10.6. The first kappa shape index (κ1) is 11.5. The van der Waals surface area contributed by atoms with Crippen LogP contribution in [-0.2, 0) is 10.8 Å². The summed E-state index contributed by atoms with van der Waals surface area (Å²) in [7, 11) is -0.759. The van der Waals surface area contributed by atoms with E-state index in [9.17, 15) is 4.21 Å². The summed E-state index contributed by atoms with van der Waals surface area (Å²) in [6, 6.07) is 2.19. The number of hydrogen-bond acceptors (Lipinski definition) is 3. The monoisotopic (exact) mass is 215 g/mol. The molecule has 0 aliphatic carbocycles. The molecule has 3 unspecified atom stereocenters. The second-order valence-electron chi connectivity index (χ2n) is 3.50. The quantitative estimate of drug-likeness (QED) is 0.813. The summed E-state index contributed by atoms with van der Waals surface area (Å²) in [5.41, 5.74) is 1.12. The van der Waals surface area contributed by atoms with Crippen molar-refractivity contribution in [3.63, 3.8) is 0 Å². The molecule has 1 heterocycles. The van der Waals surface area contributed by atoms with Crippen molar-refractivity contribution in [1.29, 1.82) is 0 Å². The van der Waals surface area contributed by atoms with Crippen molar-refractivity contribution >= 4 is 10.8 Å². The second kappa shape index (κ2) is 5.32. The zero-order valence-electron chi connectivity index (χ0n) is 8.82. The fourth-order valence-corrected chi connectivity index (χ4v) is 1.43. The maximum Gasteiger partial charge on any atom is 0.0950 e. The summed E-state index contributed by atoms with van der Waals surface area (Å²) < 4.78 is 16.1. The van der Waals surface area contributed by atoms with Gasteiger partial charge in [0.05, 0.1) is 12.5 Å². The SMILES string of the molecule is CC(NCC(C)S(C)=O)c1ccoc1. The minimum Gasteiger partial charge on any atom is -0.472 e. The van der Waals surface area contributed by atoms with Gasteiger partial charge in [-0.05, 0) is 19.9 Å². The molecule has 80 valence electrons. The number of nitrogens with one attached hydrogen (secondary N) is 1. The topological polar surface area (TPSA) is 42.2 Å². The van der Waals surface area contributed by atoms with E-state index in [0.29, 0.717) is 0 Å². The van der Waals surface area contributed by atoms with Crippen molar-refractivity contribution in [3.05, 3.63) is 24.2 Å². The maximum atomic E-state index is 11.1. The standard InChI is InChI=1S/C10H17NO2S/c1-8(14(3)12)6-11-9(2)10-4-5-13-7-10/h4-5,7-9,11H,6H2,1-3H3. The number of rotatable bonds is 5. The van der Waals surface area contributed by atoms with Crippen molar-refractivity contribution in [1.82, 2.24) is 5.32 Å². The van der Waals surface area contributed by atoms with E-state index in [1.165, 1.54) is 0 Å². The molecule has 3 nitrogen and oxygen atoms in total. The summed E-state index contributed by atoms with van der Waals surface area (Å²) in [4.78, 5) is 0. The molecule has 0 bridgehead atoms. The van der Waals surface area contributed by atoms with Crippen molar-refractivity contribution in [2.24, 2.45) is 0 Å². The third-order valence-corrected chi connectivity index (χ3v) is 3.62. The Kier molecular flexibility index (Phi) is 4.35. The molecule has 1 aromatic heterocycles. The van der Waals surface area contributed by atoms with Gasteiger partial charge in [-0.15, -0.1) is 0 Å². The highest BCUT2D eigenvalue weighted by molar-refractivity contribution is 7.84. The first-order valence-corrected chi connectivity index (χ1v) is 6.31. The van der Waals surface area contributed by atoms with Crippen molar-refractivity contribution in [2.75, 3.05) is 12.8 Å². The summed E-state index contributed by atoms with van der Waals surface area (Å²) in [5.74, 6) is 0. The lowest BCUT2D eigenvalue weighted by atomic mass is 10.2. The Bertz CT molecular complexity index is 284. The lowest BCUT2D eigenvalue weighted by molar-refractivity contribution is 0.537. The van der Waals surface area contributed by atoms with Gasteiger partial charge >= 0.3 is 0 Å². The van der Waals surface area contributed by atoms with Gasteiger partial charge in [0, 0.05) is 40.5 Å². The Labute approximate surface area is 87.3 Å². The molecule has 1 N–H and O–H groups in total. The van der Waals surface area contributed by atoms with Gasteiger partial charge in [-0.3, -0.25) is 4.21 Å². The van der Waals surface area contributed by atoms with Crippen LogP contribution >= 0.6 is 0 Å². The van der Waals surface area contributed by atoms with E-state index >= 15 is 0 Å². The van der Waals surface area contributed by atoms with Crippen LogP contribution in [0.2, 0.25) is 0 Å². The van der Waals surface area contributed by atoms with Gasteiger partial charge < -0.3 is 9.73 Å². The molecule has 1 rings (SSSR count). The van der Waals surface area contributed by atoms with Crippen LogP contribution in [0.3, 0.4) is 0 Å². The molecule has 0 aliphatic rings. The van der Waals surface area contributed by atoms with E-state index in [4.69, 9.17) is 4.42 Å². The van der Waals surface area contributed by atoms with Gasteiger partial charge in [-0.25, -0.2) is 0 Å². The minimum absolute atomic E-state index is 0.185. The second-order valence-corrected chi connectivity index (χ2v) is 5.30. The van der Waals surface area contributed by atoms with Crippen molar-refractivity contribution < 1.29 is 8.63 Å². The fourth-order valence-electron chi connectivity index (χ4n) is 1.10. The van der Waals surface area contributed by atoms with Gasteiger partial charge in [0.1, 0.15) is 0 Å². The van der Waals surface area contributed by atoms with Crippen LogP contribution in [0.5, 0.6) is 0 Å². The van der Waals surface area contributed by atoms with Crippen LogP contribution in [0.1, 0.15) is 25.5 Å². The van der Waals surface area contributed by atoms with Gasteiger partial charge in [0.15, 0.2) is 0 Å². The number of hydrogen-bond donors (Lipinski definition) is 1. The predicted molar refractivity (Wildman–Crippen MR) is 58.7 cm³/mol. The third-order valence-electron chi connectivity index (χ3n) is 2.32. The average molecular weight is 215 g/mol. The smallest absolute Gasteiger partial charge is 0.0950 e. The lowest BCUT2D eigenvalue weighted by Crippen LogP contribution is -2.29. The van der Waals surface area contributed by atoms with Crippen LogP contribution < -0.4 is 5.32 Å². The van der Waals surface area contributed by atoms with E-state index in [2.05, 4.69) is 12.2 Å². The van der Waals surface area contributed by atoms with Crippen LogP contribution in [-0.4, -0.2) is 22.3 Å². The average Bonchev–Trinajstić information content (AvgIpc) is 2.66. The molecule has 3 atom stereocenters. The summed E-state index contributed by atoms with van der Waals surface area (Å²) in [6.07, 6.45) is 5.12. The molecule has 0 fully saturated rings.